The van der Waals surface area contributed by atoms with Crippen LogP contribution in [0.5, 0.6) is 0 Å². The molecular formula is C14H16ClN3O3S. The third-order valence-electron chi connectivity index (χ3n) is 3.41. The van der Waals surface area contributed by atoms with Crippen molar-refractivity contribution in [1.82, 2.24) is 10.2 Å². The molecule has 0 bridgehead atoms. The summed E-state index contributed by atoms with van der Waals surface area (Å²) in [6.07, 6.45) is 3.70. The van der Waals surface area contributed by atoms with Crippen LogP contribution in [0.3, 0.4) is 0 Å². The van der Waals surface area contributed by atoms with Gasteiger partial charge in [0.1, 0.15) is 4.90 Å². The Kier molecular flexibility index (Phi) is 4.10. The van der Waals surface area contributed by atoms with Crippen LogP contribution >= 0.6 is 11.6 Å². The maximum Gasteiger partial charge on any atom is 0.329 e. The molecule has 1 heterocycles. The van der Waals surface area contributed by atoms with E-state index in [4.69, 9.17) is 16.0 Å². The Labute approximate surface area is 133 Å². The Morgan fingerprint density at radius 3 is 2.82 bits per heavy atom. The minimum absolute atomic E-state index is 0.0197. The summed E-state index contributed by atoms with van der Waals surface area (Å²) >= 11 is 6.03. The van der Waals surface area contributed by atoms with Crippen molar-refractivity contribution in [3.05, 3.63) is 34.7 Å². The van der Waals surface area contributed by atoms with E-state index in [2.05, 4.69) is 14.9 Å². The molecule has 1 N–H and O–H groups in total. The van der Waals surface area contributed by atoms with E-state index in [1.54, 1.807) is 12.1 Å². The van der Waals surface area contributed by atoms with Gasteiger partial charge in [-0.1, -0.05) is 36.1 Å². The van der Waals surface area contributed by atoms with Gasteiger partial charge in [0.15, 0.2) is 0 Å². The number of sulfonamides is 1. The van der Waals surface area contributed by atoms with E-state index >= 15 is 0 Å². The van der Waals surface area contributed by atoms with Crippen LogP contribution in [0.2, 0.25) is 5.02 Å². The van der Waals surface area contributed by atoms with Gasteiger partial charge in [-0.05, 0) is 37.0 Å². The molecule has 0 saturated heterocycles. The zero-order valence-corrected chi connectivity index (χ0v) is 13.6. The van der Waals surface area contributed by atoms with E-state index in [1.807, 2.05) is 13.0 Å². The van der Waals surface area contributed by atoms with Crippen LogP contribution in [0.4, 0.5) is 6.01 Å². The van der Waals surface area contributed by atoms with Gasteiger partial charge in [0.25, 0.3) is 10.0 Å². The van der Waals surface area contributed by atoms with Crippen molar-refractivity contribution >= 4 is 27.6 Å². The number of halogens is 1. The van der Waals surface area contributed by atoms with E-state index in [9.17, 15) is 8.42 Å². The lowest BCUT2D eigenvalue weighted by atomic mass is 10.1. The topological polar surface area (TPSA) is 85.1 Å². The summed E-state index contributed by atoms with van der Waals surface area (Å²) in [5.41, 5.74) is 0.913. The highest BCUT2D eigenvalue weighted by Gasteiger charge is 2.30. The molecule has 1 aromatic heterocycles. The number of hydrogen-bond donors (Lipinski definition) is 1. The number of aromatic nitrogens is 2. The first-order valence-electron chi connectivity index (χ1n) is 7.14. The summed E-state index contributed by atoms with van der Waals surface area (Å²) in [6.45, 7) is 2.03. The molecule has 3 rings (SSSR count). The predicted molar refractivity (Wildman–Crippen MR) is 82.5 cm³/mol. The highest BCUT2D eigenvalue weighted by atomic mass is 35.5. The number of nitrogens with zero attached hydrogens (tertiary/aromatic N) is 2. The number of benzene rings is 1. The predicted octanol–water partition coefficient (Wildman–Crippen LogP) is 3.35. The molecule has 1 fully saturated rings. The fraction of sp³-hybridized carbons (Fsp3) is 0.429. The van der Waals surface area contributed by atoms with E-state index in [0.29, 0.717) is 5.89 Å². The molecule has 22 heavy (non-hydrogen) atoms. The SMILES string of the molecule is CCCc1ccc(Cl)c(S(=O)(=O)Nc2nnc(C3CC3)o2)c1. The van der Waals surface area contributed by atoms with Crippen molar-refractivity contribution in [1.29, 1.82) is 0 Å². The Balaban J connectivity index is 1.86. The first-order chi connectivity index (χ1) is 10.5. The Morgan fingerprint density at radius 2 is 2.14 bits per heavy atom. The number of rotatable bonds is 6. The van der Waals surface area contributed by atoms with Crippen molar-refractivity contribution in [3.8, 4) is 0 Å². The Bertz CT molecular complexity index is 784. The second-order valence-corrected chi connectivity index (χ2v) is 7.40. The molecular weight excluding hydrogens is 326 g/mol. The largest absolute Gasteiger partial charge is 0.407 e. The van der Waals surface area contributed by atoms with Gasteiger partial charge in [-0.2, -0.15) is 0 Å². The van der Waals surface area contributed by atoms with Crippen LogP contribution in [0.15, 0.2) is 27.5 Å². The summed E-state index contributed by atoms with van der Waals surface area (Å²) in [5.74, 6) is 0.741. The fourth-order valence-corrected chi connectivity index (χ4v) is 3.61. The van der Waals surface area contributed by atoms with Crippen LogP contribution in [-0.2, 0) is 16.4 Å². The average molecular weight is 342 g/mol. The highest BCUT2D eigenvalue weighted by Crippen LogP contribution is 2.39. The van der Waals surface area contributed by atoms with Crippen LogP contribution in [0, 0.1) is 0 Å². The summed E-state index contributed by atoms with van der Waals surface area (Å²) in [6, 6.07) is 4.86. The van der Waals surface area contributed by atoms with Crippen molar-refractivity contribution in [2.75, 3.05) is 4.72 Å². The number of hydrogen-bond acceptors (Lipinski definition) is 5. The van der Waals surface area contributed by atoms with E-state index in [0.717, 1.165) is 31.2 Å². The molecule has 1 saturated carbocycles. The second-order valence-electron chi connectivity index (χ2n) is 5.34. The minimum Gasteiger partial charge on any atom is -0.407 e. The maximum atomic E-state index is 12.5. The first-order valence-corrected chi connectivity index (χ1v) is 9.00. The van der Waals surface area contributed by atoms with Crippen molar-refractivity contribution in [2.24, 2.45) is 0 Å². The lowest BCUT2D eigenvalue weighted by molar-refractivity contribution is 0.510. The highest BCUT2D eigenvalue weighted by molar-refractivity contribution is 7.92. The third kappa shape index (κ3) is 3.25. The van der Waals surface area contributed by atoms with Gasteiger partial charge in [-0.25, -0.2) is 13.1 Å². The van der Waals surface area contributed by atoms with E-state index in [1.165, 1.54) is 0 Å². The number of aryl methyl sites for hydroxylation is 1. The smallest absolute Gasteiger partial charge is 0.329 e. The third-order valence-corrected chi connectivity index (χ3v) is 5.21. The zero-order valence-electron chi connectivity index (χ0n) is 12.0. The van der Waals surface area contributed by atoms with Crippen LogP contribution in [0.25, 0.3) is 0 Å². The normalized spacial score (nSPS) is 15.0. The molecule has 0 amide bonds. The van der Waals surface area contributed by atoms with Gasteiger partial charge in [-0.3, -0.25) is 0 Å². The lowest BCUT2D eigenvalue weighted by Crippen LogP contribution is -2.14. The van der Waals surface area contributed by atoms with Crippen LogP contribution in [-0.4, -0.2) is 18.6 Å². The van der Waals surface area contributed by atoms with Crippen molar-refractivity contribution < 1.29 is 12.8 Å². The molecule has 0 spiro atoms. The van der Waals surface area contributed by atoms with Crippen LogP contribution in [0.1, 0.15) is 43.6 Å². The van der Waals surface area contributed by atoms with Crippen molar-refractivity contribution in [2.45, 2.75) is 43.4 Å². The van der Waals surface area contributed by atoms with Gasteiger partial charge < -0.3 is 4.42 Å². The molecule has 0 atom stereocenters. The Hall–Kier alpha value is -1.60. The summed E-state index contributed by atoms with van der Waals surface area (Å²) in [7, 11) is -3.85. The molecule has 2 aromatic rings. The zero-order chi connectivity index (χ0) is 15.7. The minimum atomic E-state index is -3.85. The second kappa shape index (κ2) is 5.89. The first kappa shape index (κ1) is 15.3. The quantitative estimate of drug-likeness (QED) is 0.870. The molecule has 0 aliphatic heterocycles. The molecule has 6 nitrogen and oxygen atoms in total. The number of anilines is 1. The fourth-order valence-electron chi connectivity index (χ4n) is 2.14. The standard InChI is InChI=1S/C14H16ClN3O3S/c1-2-3-9-4-7-11(15)12(8-9)22(19,20)18-14-17-16-13(21-14)10-5-6-10/h4,7-8,10H,2-3,5-6H2,1H3,(H,17,18). The molecule has 0 radical (unpaired) electrons. The maximum absolute atomic E-state index is 12.5. The summed E-state index contributed by atoms with van der Waals surface area (Å²) in [4.78, 5) is 0.0197. The molecule has 1 aliphatic carbocycles. The summed E-state index contributed by atoms with van der Waals surface area (Å²) < 4.78 is 32.5. The molecule has 8 heteroatoms. The molecule has 1 aliphatic rings. The van der Waals surface area contributed by atoms with E-state index in [-0.39, 0.29) is 21.9 Å². The molecule has 1 aromatic carbocycles. The Morgan fingerprint density at radius 1 is 1.36 bits per heavy atom. The van der Waals surface area contributed by atoms with Gasteiger partial charge in [0.05, 0.1) is 5.02 Å². The monoisotopic (exact) mass is 341 g/mol. The van der Waals surface area contributed by atoms with Crippen LogP contribution < -0.4 is 4.72 Å². The average Bonchev–Trinajstić information content (AvgIpc) is 3.22. The van der Waals surface area contributed by atoms with Gasteiger partial charge >= 0.3 is 6.01 Å². The van der Waals surface area contributed by atoms with Gasteiger partial charge in [-0.15, -0.1) is 5.10 Å². The van der Waals surface area contributed by atoms with E-state index < -0.39 is 10.0 Å². The van der Waals surface area contributed by atoms with Gasteiger partial charge in [0.2, 0.25) is 5.89 Å². The number of nitrogens with one attached hydrogen (secondary N) is 1. The molecule has 118 valence electrons. The lowest BCUT2D eigenvalue weighted by Gasteiger charge is -2.08. The van der Waals surface area contributed by atoms with Crippen molar-refractivity contribution in [3.63, 3.8) is 0 Å². The molecule has 0 unspecified atom stereocenters. The summed E-state index contributed by atoms with van der Waals surface area (Å²) in [5, 5.41) is 7.74. The van der Waals surface area contributed by atoms with Gasteiger partial charge in [0, 0.05) is 5.92 Å².